The highest BCUT2D eigenvalue weighted by atomic mass is 16.5. The highest BCUT2D eigenvalue weighted by molar-refractivity contribution is 6.04. The molecule has 0 radical (unpaired) electrons. The van der Waals surface area contributed by atoms with Crippen LogP contribution < -0.4 is 9.47 Å². The van der Waals surface area contributed by atoms with E-state index in [4.69, 9.17) is 9.47 Å². The number of aromatic hydroxyl groups is 5. The number of aliphatic hydroxyl groups excluding tert-OH is 1. The number of carbonyl (C=O) groups is 1. The third kappa shape index (κ3) is 3.93. The lowest BCUT2D eigenvalue weighted by Gasteiger charge is -2.42. The van der Waals surface area contributed by atoms with Gasteiger partial charge in [0, 0.05) is 24.2 Å². The van der Waals surface area contributed by atoms with Crippen LogP contribution in [0.4, 0.5) is 0 Å². The van der Waals surface area contributed by atoms with Crippen LogP contribution in [0, 0.1) is 11.8 Å². The second-order valence-corrected chi connectivity index (χ2v) is 9.39. The standard InChI is InChI=1S/C24H29NO13/c1-37-12-7-10-11(8-13(12)38-2)23(33,34)14(17(10)27)16(26)9-3-5-25(6-4-9)24(35,36)15-18(28)20(30)22(32)21(31)19(15)29/h7-9,14,16,26,28-36H,3-6H2,1-2H3. The number of piperidine rings is 1. The smallest absolute Gasteiger partial charge is 0.261 e. The summed E-state index contributed by atoms with van der Waals surface area (Å²) < 4.78 is 10.3. The van der Waals surface area contributed by atoms with Gasteiger partial charge >= 0.3 is 0 Å². The number of methoxy groups -OCH3 is 2. The van der Waals surface area contributed by atoms with Crippen LogP contribution in [0.3, 0.4) is 0 Å². The number of phenolic OH excluding ortho intramolecular Hbond substituents is 5. The quantitative estimate of drug-likeness (QED) is 0.121. The number of Topliss-reactive ketones (excluding diaryl/α,β-unsaturated/α-hetero) is 1. The number of rotatable bonds is 6. The molecule has 14 heteroatoms. The molecule has 10 N–H and O–H groups in total. The summed E-state index contributed by atoms with van der Waals surface area (Å²) >= 11 is 0. The molecule has 2 unspecified atom stereocenters. The number of fused-ring (bicyclic) bond motifs is 1. The first-order chi connectivity index (χ1) is 17.7. The fraction of sp³-hybridized carbons (Fsp3) is 0.458. The minimum atomic E-state index is -3.14. The van der Waals surface area contributed by atoms with Crippen LogP contribution in [0.25, 0.3) is 0 Å². The molecule has 208 valence electrons. The van der Waals surface area contributed by atoms with Crippen LogP contribution in [0.1, 0.15) is 34.3 Å². The van der Waals surface area contributed by atoms with Gasteiger partial charge in [0.2, 0.25) is 23.0 Å². The van der Waals surface area contributed by atoms with Crippen molar-refractivity contribution in [3.05, 3.63) is 28.8 Å². The van der Waals surface area contributed by atoms with Crippen LogP contribution in [-0.2, 0) is 11.7 Å². The third-order valence-electron chi connectivity index (χ3n) is 7.41. The molecule has 2 aliphatic rings. The van der Waals surface area contributed by atoms with Crippen molar-refractivity contribution >= 4 is 5.78 Å². The number of ether oxygens (including phenoxy) is 2. The lowest BCUT2D eigenvalue weighted by atomic mass is 9.80. The summed E-state index contributed by atoms with van der Waals surface area (Å²) in [4.78, 5) is 14.1. The zero-order valence-electron chi connectivity index (χ0n) is 20.4. The molecular formula is C24H29NO13. The molecule has 38 heavy (non-hydrogen) atoms. The van der Waals surface area contributed by atoms with Gasteiger partial charge in [0.15, 0.2) is 28.8 Å². The minimum absolute atomic E-state index is 0.00947. The maximum Gasteiger partial charge on any atom is 0.261 e. The average molecular weight is 539 g/mol. The normalized spacial score (nSPS) is 20.8. The van der Waals surface area contributed by atoms with E-state index in [0.29, 0.717) is 0 Å². The van der Waals surface area contributed by atoms with Gasteiger partial charge in [-0.15, -0.1) is 0 Å². The molecule has 0 spiro atoms. The van der Waals surface area contributed by atoms with E-state index in [0.717, 1.165) is 4.90 Å². The second kappa shape index (κ2) is 9.34. The molecule has 1 saturated heterocycles. The van der Waals surface area contributed by atoms with Gasteiger partial charge in [-0.1, -0.05) is 0 Å². The van der Waals surface area contributed by atoms with Gasteiger partial charge in [-0.25, -0.2) is 4.90 Å². The fourth-order valence-electron chi connectivity index (χ4n) is 5.28. The maximum absolute atomic E-state index is 13.1. The Morgan fingerprint density at radius 2 is 1.37 bits per heavy atom. The van der Waals surface area contributed by atoms with Gasteiger partial charge in [0.05, 0.1) is 20.3 Å². The lowest BCUT2D eigenvalue weighted by molar-refractivity contribution is -0.284. The molecule has 0 bridgehead atoms. The highest BCUT2D eigenvalue weighted by Crippen LogP contribution is 2.54. The van der Waals surface area contributed by atoms with Crippen LogP contribution in [0.2, 0.25) is 0 Å². The van der Waals surface area contributed by atoms with E-state index in [1.165, 1.54) is 26.4 Å². The topological polar surface area (TPSA) is 241 Å². The number of carbonyl (C=O) groups excluding carboxylic acids is 1. The zero-order chi connectivity index (χ0) is 28.3. The first kappa shape index (κ1) is 27.5. The van der Waals surface area contributed by atoms with Crippen molar-refractivity contribution in [2.24, 2.45) is 11.8 Å². The van der Waals surface area contributed by atoms with Crippen molar-refractivity contribution in [1.82, 2.24) is 4.90 Å². The summed E-state index contributed by atoms with van der Waals surface area (Å²) in [5, 5.41) is 104. The number of ketones is 1. The number of nitrogens with zero attached hydrogens (tertiary/aromatic N) is 1. The Kier molecular flexibility index (Phi) is 6.76. The van der Waals surface area contributed by atoms with E-state index < -0.39 is 69.7 Å². The van der Waals surface area contributed by atoms with Gasteiger partial charge in [-0.05, 0) is 30.9 Å². The molecule has 1 fully saturated rings. The van der Waals surface area contributed by atoms with Crippen molar-refractivity contribution in [3.8, 4) is 40.2 Å². The van der Waals surface area contributed by atoms with Crippen LogP contribution in [0.15, 0.2) is 12.1 Å². The Morgan fingerprint density at radius 1 is 0.895 bits per heavy atom. The number of aliphatic hydroxyl groups is 5. The molecular weight excluding hydrogens is 510 g/mol. The van der Waals surface area contributed by atoms with Gasteiger partial charge < -0.3 is 60.5 Å². The summed E-state index contributed by atoms with van der Waals surface area (Å²) in [6, 6.07) is 2.54. The molecule has 1 aliphatic heterocycles. The SMILES string of the molecule is COc1cc2c(cc1OC)C(O)(O)C(C(O)C1CCN(C(O)(O)c3c(O)c(O)c(O)c(O)c3O)CC1)C2=O. The fourth-order valence-corrected chi connectivity index (χ4v) is 5.28. The van der Waals surface area contributed by atoms with Crippen LogP contribution in [-0.4, -0.2) is 95.2 Å². The molecule has 0 amide bonds. The van der Waals surface area contributed by atoms with Crippen molar-refractivity contribution in [1.29, 1.82) is 0 Å². The van der Waals surface area contributed by atoms with E-state index in [1.807, 2.05) is 0 Å². The predicted octanol–water partition coefficient (Wildman–Crippen LogP) is -0.950. The molecule has 2 aromatic carbocycles. The minimum Gasteiger partial charge on any atom is -0.504 e. The average Bonchev–Trinajstić information content (AvgIpc) is 3.08. The summed E-state index contributed by atoms with van der Waals surface area (Å²) in [7, 11) is 2.68. The first-order valence-corrected chi connectivity index (χ1v) is 11.5. The van der Waals surface area contributed by atoms with Gasteiger partial charge in [-0.3, -0.25) is 4.79 Å². The molecule has 0 aromatic heterocycles. The largest absolute Gasteiger partial charge is 0.504 e. The van der Waals surface area contributed by atoms with E-state index in [9.17, 15) is 55.9 Å². The Morgan fingerprint density at radius 3 is 1.87 bits per heavy atom. The Balaban J connectivity index is 1.56. The van der Waals surface area contributed by atoms with Crippen molar-refractivity contribution in [2.75, 3.05) is 27.3 Å². The Bertz CT molecular complexity index is 1240. The van der Waals surface area contributed by atoms with Gasteiger partial charge in [0.25, 0.3) is 5.91 Å². The Labute approximate surface area is 215 Å². The number of hydrogen-bond donors (Lipinski definition) is 10. The number of phenols is 5. The highest BCUT2D eigenvalue weighted by Gasteiger charge is 2.56. The predicted molar refractivity (Wildman–Crippen MR) is 125 cm³/mol. The summed E-state index contributed by atoms with van der Waals surface area (Å²) in [5.41, 5.74) is -1.31. The monoisotopic (exact) mass is 539 g/mol. The van der Waals surface area contributed by atoms with Crippen molar-refractivity contribution in [2.45, 2.75) is 30.6 Å². The van der Waals surface area contributed by atoms with Crippen LogP contribution >= 0.6 is 0 Å². The summed E-state index contributed by atoms with van der Waals surface area (Å²) in [6.45, 7) is -0.426. The summed E-state index contributed by atoms with van der Waals surface area (Å²) in [5.74, 6) is -15.1. The van der Waals surface area contributed by atoms with Crippen molar-refractivity contribution in [3.63, 3.8) is 0 Å². The van der Waals surface area contributed by atoms with Crippen LogP contribution in [0.5, 0.6) is 40.2 Å². The zero-order valence-corrected chi connectivity index (χ0v) is 20.4. The van der Waals surface area contributed by atoms with E-state index in [1.54, 1.807) is 0 Å². The lowest BCUT2D eigenvalue weighted by Crippen LogP contribution is -2.53. The molecule has 2 atom stereocenters. The third-order valence-corrected chi connectivity index (χ3v) is 7.41. The van der Waals surface area contributed by atoms with E-state index in [-0.39, 0.29) is 48.6 Å². The maximum atomic E-state index is 13.1. The molecule has 0 saturated carbocycles. The van der Waals surface area contributed by atoms with Gasteiger partial charge in [0.1, 0.15) is 11.5 Å². The number of likely N-dealkylation sites (tertiary alicyclic amines) is 1. The molecule has 1 aliphatic carbocycles. The van der Waals surface area contributed by atoms with Gasteiger partial charge in [-0.2, -0.15) is 0 Å². The molecule has 2 aromatic rings. The first-order valence-electron chi connectivity index (χ1n) is 11.5. The van der Waals surface area contributed by atoms with Crippen molar-refractivity contribution < 1.29 is 65.3 Å². The Hall–Kier alpha value is -3.53. The summed E-state index contributed by atoms with van der Waals surface area (Å²) in [6.07, 6.45) is -1.59. The number of hydrogen-bond acceptors (Lipinski definition) is 14. The van der Waals surface area contributed by atoms with E-state index in [2.05, 4.69) is 0 Å². The molecule has 1 heterocycles. The number of benzene rings is 2. The molecule has 14 nitrogen and oxygen atoms in total. The second-order valence-electron chi connectivity index (χ2n) is 9.39. The van der Waals surface area contributed by atoms with E-state index >= 15 is 0 Å². The molecule has 4 rings (SSSR count).